The number of aromatic nitrogens is 2. The molecule has 0 saturated heterocycles. The third kappa shape index (κ3) is 2.98. The first-order valence-corrected chi connectivity index (χ1v) is 7.68. The van der Waals surface area contributed by atoms with E-state index in [2.05, 4.69) is 10.4 Å². The molecule has 0 saturated carbocycles. The van der Waals surface area contributed by atoms with Gasteiger partial charge < -0.3 is 10.1 Å². The zero-order valence-electron chi connectivity index (χ0n) is 13.0. The predicted octanol–water partition coefficient (Wildman–Crippen LogP) is 2.08. The van der Waals surface area contributed by atoms with Crippen molar-refractivity contribution >= 4 is 5.91 Å². The van der Waals surface area contributed by atoms with Crippen molar-refractivity contribution in [1.82, 2.24) is 15.1 Å². The summed E-state index contributed by atoms with van der Waals surface area (Å²) in [5.74, 6) is 0.807. The van der Waals surface area contributed by atoms with E-state index in [4.69, 9.17) is 4.74 Å². The lowest BCUT2D eigenvalue weighted by Crippen LogP contribution is -2.37. The first kappa shape index (κ1) is 14.6. The summed E-state index contributed by atoms with van der Waals surface area (Å²) in [6.07, 6.45) is 2.72. The molecule has 0 bridgehead atoms. The van der Waals surface area contributed by atoms with Gasteiger partial charge in [0.25, 0.3) is 0 Å². The van der Waals surface area contributed by atoms with Gasteiger partial charge in [0.15, 0.2) is 0 Å². The second-order valence-corrected chi connectivity index (χ2v) is 5.63. The third-order valence-corrected chi connectivity index (χ3v) is 4.07. The molecule has 1 amide bonds. The van der Waals surface area contributed by atoms with Crippen LogP contribution in [0.5, 0.6) is 5.75 Å². The number of fused-ring (bicyclic) bond motifs is 1. The molecule has 0 fully saturated rings. The van der Waals surface area contributed by atoms with Crippen LogP contribution in [0.4, 0.5) is 0 Å². The number of nitrogens with zero attached hydrogens (tertiary/aromatic N) is 2. The van der Waals surface area contributed by atoms with Crippen LogP contribution in [-0.4, -0.2) is 22.3 Å². The molecule has 0 aliphatic carbocycles. The Morgan fingerprint density at radius 1 is 1.45 bits per heavy atom. The summed E-state index contributed by atoms with van der Waals surface area (Å²) in [6.45, 7) is 5.81. The smallest absolute Gasteiger partial charge is 0.227 e. The number of hydrogen-bond donors (Lipinski definition) is 1. The van der Waals surface area contributed by atoms with E-state index in [-0.39, 0.29) is 11.8 Å². The van der Waals surface area contributed by atoms with Crippen LogP contribution in [0.1, 0.15) is 23.7 Å². The van der Waals surface area contributed by atoms with Gasteiger partial charge in [-0.05, 0) is 31.9 Å². The molecule has 116 valence electrons. The second kappa shape index (κ2) is 6.22. The van der Waals surface area contributed by atoms with Crippen molar-refractivity contribution in [2.75, 3.05) is 6.61 Å². The van der Waals surface area contributed by atoms with Gasteiger partial charge in [0.2, 0.25) is 5.91 Å². The standard InChI is InChI=1S/C17H21N3O2/c1-3-20-10-15(12(2)19-20)9-18-17(21)14-8-13-6-4-5-7-16(13)22-11-14/h4-7,10,14H,3,8-9,11H2,1-2H3,(H,18,21)/t14-/m1/s1. The Morgan fingerprint density at radius 2 is 2.27 bits per heavy atom. The van der Waals surface area contributed by atoms with Crippen molar-refractivity contribution < 1.29 is 9.53 Å². The molecule has 0 radical (unpaired) electrons. The molecule has 2 heterocycles. The molecule has 5 nitrogen and oxygen atoms in total. The molecule has 0 unspecified atom stereocenters. The number of hydrogen-bond acceptors (Lipinski definition) is 3. The van der Waals surface area contributed by atoms with Gasteiger partial charge in [0.1, 0.15) is 12.4 Å². The Balaban J connectivity index is 1.60. The van der Waals surface area contributed by atoms with Crippen molar-refractivity contribution in [3.8, 4) is 5.75 Å². The number of carbonyl (C=O) groups excluding carboxylic acids is 1. The van der Waals surface area contributed by atoms with Crippen LogP contribution >= 0.6 is 0 Å². The van der Waals surface area contributed by atoms with Crippen molar-refractivity contribution in [3.63, 3.8) is 0 Å². The minimum absolute atomic E-state index is 0.0400. The first-order chi connectivity index (χ1) is 10.7. The van der Waals surface area contributed by atoms with Crippen LogP contribution in [0.2, 0.25) is 0 Å². The summed E-state index contributed by atoms with van der Waals surface area (Å²) < 4.78 is 7.56. The summed E-state index contributed by atoms with van der Waals surface area (Å²) in [4.78, 5) is 12.4. The number of amides is 1. The summed E-state index contributed by atoms with van der Waals surface area (Å²) in [7, 11) is 0. The molecule has 1 aromatic heterocycles. The SMILES string of the molecule is CCn1cc(CNC(=O)[C@H]2COc3ccccc3C2)c(C)n1. The number of aryl methyl sites for hydroxylation is 2. The molecule has 1 atom stereocenters. The Labute approximate surface area is 130 Å². The summed E-state index contributed by atoms with van der Waals surface area (Å²) in [5.41, 5.74) is 3.13. The van der Waals surface area contributed by atoms with Crippen LogP contribution < -0.4 is 10.1 Å². The van der Waals surface area contributed by atoms with Crippen LogP contribution in [0.15, 0.2) is 30.5 Å². The lowest BCUT2D eigenvalue weighted by molar-refractivity contribution is -0.126. The van der Waals surface area contributed by atoms with E-state index in [0.29, 0.717) is 13.2 Å². The van der Waals surface area contributed by atoms with Gasteiger partial charge >= 0.3 is 0 Å². The molecular weight excluding hydrogens is 278 g/mol. The van der Waals surface area contributed by atoms with E-state index >= 15 is 0 Å². The van der Waals surface area contributed by atoms with Gasteiger partial charge in [-0.1, -0.05) is 18.2 Å². The summed E-state index contributed by atoms with van der Waals surface area (Å²) >= 11 is 0. The van der Waals surface area contributed by atoms with Crippen LogP contribution in [0.3, 0.4) is 0 Å². The van der Waals surface area contributed by atoms with Crippen molar-refractivity contribution in [2.45, 2.75) is 33.4 Å². The minimum Gasteiger partial charge on any atom is -0.492 e. The van der Waals surface area contributed by atoms with Gasteiger partial charge in [-0.3, -0.25) is 9.48 Å². The quantitative estimate of drug-likeness (QED) is 0.940. The second-order valence-electron chi connectivity index (χ2n) is 5.63. The Bertz CT molecular complexity index is 678. The maximum atomic E-state index is 12.4. The molecule has 1 N–H and O–H groups in total. The number of benzene rings is 1. The lowest BCUT2D eigenvalue weighted by Gasteiger charge is -2.24. The molecule has 1 aliphatic rings. The number of carbonyl (C=O) groups is 1. The maximum absolute atomic E-state index is 12.4. The molecule has 1 aromatic carbocycles. The van der Waals surface area contributed by atoms with Crippen LogP contribution in [0.25, 0.3) is 0 Å². The van der Waals surface area contributed by atoms with E-state index in [1.807, 2.05) is 49.0 Å². The van der Waals surface area contributed by atoms with Crippen molar-refractivity contribution in [3.05, 3.63) is 47.3 Å². The van der Waals surface area contributed by atoms with Crippen molar-refractivity contribution in [2.24, 2.45) is 5.92 Å². The average Bonchev–Trinajstić information content (AvgIpc) is 2.92. The topological polar surface area (TPSA) is 56.2 Å². The Morgan fingerprint density at radius 3 is 3.05 bits per heavy atom. The lowest BCUT2D eigenvalue weighted by atomic mass is 9.96. The normalized spacial score (nSPS) is 16.7. The fourth-order valence-electron chi connectivity index (χ4n) is 2.72. The number of rotatable bonds is 4. The number of nitrogens with one attached hydrogen (secondary N) is 1. The average molecular weight is 299 g/mol. The van der Waals surface area contributed by atoms with Gasteiger partial charge in [0, 0.05) is 24.8 Å². The first-order valence-electron chi connectivity index (χ1n) is 7.68. The Kier molecular flexibility index (Phi) is 4.13. The van der Waals surface area contributed by atoms with Crippen molar-refractivity contribution in [1.29, 1.82) is 0 Å². The molecular formula is C17H21N3O2. The monoisotopic (exact) mass is 299 g/mol. The highest BCUT2D eigenvalue weighted by atomic mass is 16.5. The van der Waals surface area contributed by atoms with E-state index in [9.17, 15) is 4.79 Å². The largest absolute Gasteiger partial charge is 0.492 e. The summed E-state index contributed by atoms with van der Waals surface area (Å²) in [6, 6.07) is 7.90. The highest BCUT2D eigenvalue weighted by molar-refractivity contribution is 5.79. The molecule has 0 spiro atoms. The molecule has 1 aliphatic heterocycles. The van der Waals surface area contributed by atoms with E-state index < -0.39 is 0 Å². The zero-order chi connectivity index (χ0) is 15.5. The number of ether oxygens (including phenoxy) is 1. The molecule has 22 heavy (non-hydrogen) atoms. The van der Waals surface area contributed by atoms with Gasteiger partial charge in [-0.2, -0.15) is 5.10 Å². The van der Waals surface area contributed by atoms with Gasteiger partial charge in [0.05, 0.1) is 11.6 Å². The highest BCUT2D eigenvalue weighted by Crippen LogP contribution is 2.26. The molecule has 5 heteroatoms. The maximum Gasteiger partial charge on any atom is 0.227 e. The predicted molar refractivity (Wildman–Crippen MR) is 83.6 cm³/mol. The zero-order valence-corrected chi connectivity index (χ0v) is 13.0. The van der Waals surface area contributed by atoms with E-state index in [0.717, 1.165) is 35.5 Å². The number of para-hydroxylation sites is 1. The van der Waals surface area contributed by atoms with E-state index in [1.54, 1.807) is 0 Å². The molecule has 3 rings (SSSR count). The molecule has 2 aromatic rings. The van der Waals surface area contributed by atoms with Crippen LogP contribution in [0, 0.1) is 12.8 Å². The Hall–Kier alpha value is -2.30. The third-order valence-electron chi connectivity index (χ3n) is 4.07. The van der Waals surface area contributed by atoms with Gasteiger partial charge in [-0.15, -0.1) is 0 Å². The fourth-order valence-corrected chi connectivity index (χ4v) is 2.72. The van der Waals surface area contributed by atoms with Crippen LogP contribution in [-0.2, 0) is 24.3 Å². The fraction of sp³-hybridized carbons (Fsp3) is 0.412. The highest BCUT2D eigenvalue weighted by Gasteiger charge is 2.25. The summed E-state index contributed by atoms with van der Waals surface area (Å²) in [5, 5.41) is 7.40. The van der Waals surface area contributed by atoms with Gasteiger partial charge in [-0.25, -0.2) is 0 Å². The minimum atomic E-state index is -0.128. The van der Waals surface area contributed by atoms with E-state index in [1.165, 1.54) is 0 Å².